The van der Waals surface area contributed by atoms with E-state index in [9.17, 15) is 4.79 Å². The maximum Gasteiger partial charge on any atom is 0.164 e. The summed E-state index contributed by atoms with van der Waals surface area (Å²) < 4.78 is 10.1. The standard InChI is InChI=1S/C15H22ClNO3/c1-19-11-9-17(10-12-20-2)8-7-15(18)13-3-5-14(16)6-4-13/h3-6H,7-12H2,1-2H3. The molecule has 4 nitrogen and oxygen atoms in total. The molecule has 0 aliphatic carbocycles. The fourth-order valence-electron chi connectivity index (χ4n) is 1.82. The Morgan fingerprint density at radius 3 is 2.10 bits per heavy atom. The number of carbonyl (C=O) groups excluding carboxylic acids is 1. The van der Waals surface area contributed by atoms with Gasteiger partial charge >= 0.3 is 0 Å². The van der Waals surface area contributed by atoms with Gasteiger partial charge in [0.05, 0.1) is 13.2 Å². The van der Waals surface area contributed by atoms with Crippen LogP contribution >= 0.6 is 11.6 Å². The Kier molecular flexibility index (Phi) is 8.46. The summed E-state index contributed by atoms with van der Waals surface area (Å²) in [7, 11) is 3.35. The second-order valence-corrected chi connectivity index (χ2v) is 4.94. The van der Waals surface area contributed by atoms with Crippen LogP contribution in [-0.4, -0.2) is 57.8 Å². The van der Waals surface area contributed by atoms with Crippen molar-refractivity contribution in [2.45, 2.75) is 6.42 Å². The van der Waals surface area contributed by atoms with Crippen LogP contribution in [0.2, 0.25) is 5.02 Å². The lowest BCUT2D eigenvalue weighted by molar-refractivity contribution is 0.0911. The third-order valence-electron chi connectivity index (χ3n) is 3.04. The zero-order valence-electron chi connectivity index (χ0n) is 12.1. The first kappa shape index (κ1) is 17.1. The van der Waals surface area contributed by atoms with Gasteiger partial charge in [-0.25, -0.2) is 0 Å². The van der Waals surface area contributed by atoms with Crippen LogP contribution in [0.4, 0.5) is 0 Å². The Balaban J connectivity index is 2.44. The minimum atomic E-state index is 0.126. The number of hydrogen-bond donors (Lipinski definition) is 0. The fraction of sp³-hybridized carbons (Fsp3) is 0.533. The Hall–Kier alpha value is -0.940. The number of Topliss-reactive ketones (excluding diaryl/α,β-unsaturated/α-hetero) is 1. The second kappa shape index (κ2) is 9.88. The molecule has 0 saturated carbocycles. The largest absolute Gasteiger partial charge is 0.383 e. The van der Waals surface area contributed by atoms with Crippen LogP contribution in [0.5, 0.6) is 0 Å². The van der Waals surface area contributed by atoms with E-state index in [0.29, 0.717) is 36.8 Å². The van der Waals surface area contributed by atoms with Crippen LogP contribution in [0.25, 0.3) is 0 Å². The van der Waals surface area contributed by atoms with Crippen molar-refractivity contribution in [1.29, 1.82) is 0 Å². The number of methoxy groups -OCH3 is 2. The van der Waals surface area contributed by atoms with Crippen LogP contribution in [0.1, 0.15) is 16.8 Å². The molecular weight excluding hydrogens is 278 g/mol. The third-order valence-corrected chi connectivity index (χ3v) is 3.30. The van der Waals surface area contributed by atoms with Crippen LogP contribution in [-0.2, 0) is 9.47 Å². The van der Waals surface area contributed by atoms with Gasteiger partial charge in [-0.2, -0.15) is 0 Å². The number of carbonyl (C=O) groups is 1. The molecule has 0 aliphatic heterocycles. The molecule has 0 amide bonds. The molecule has 0 bridgehead atoms. The lowest BCUT2D eigenvalue weighted by atomic mass is 10.1. The molecule has 112 valence electrons. The number of ether oxygens (including phenoxy) is 2. The van der Waals surface area contributed by atoms with Crippen LogP contribution in [0, 0.1) is 0 Å². The summed E-state index contributed by atoms with van der Waals surface area (Å²) in [5.74, 6) is 0.126. The monoisotopic (exact) mass is 299 g/mol. The highest BCUT2D eigenvalue weighted by molar-refractivity contribution is 6.30. The highest BCUT2D eigenvalue weighted by atomic mass is 35.5. The van der Waals surface area contributed by atoms with Crippen molar-refractivity contribution < 1.29 is 14.3 Å². The lowest BCUT2D eigenvalue weighted by Gasteiger charge is -2.21. The summed E-state index contributed by atoms with van der Waals surface area (Å²) in [5, 5.41) is 0.642. The molecule has 0 aliphatic rings. The number of hydrogen-bond acceptors (Lipinski definition) is 4. The van der Waals surface area contributed by atoms with E-state index >= 15 is 0 Å². The average Bonchev–Trinajstić information content (AvgIpc) is 2.47. The van der Waals surface area contributed by atoms with Gasteiger partial charge in [0.1, 0.15) is 0 Å². The molecule has 1 rings (SSSR count). The topological polar surface area (TPSA) is 38.8 Å². The first-order chi connectivity index (χ1) is 9.67. The number of benzene rings is 1. The van der Waals surface area contributed by atoms with Crippen molar-refractivity contribution in [2.75, 3.05) is 47.1 Å². The van der Waals surface area contributed by atoms with E-state index in [-0.39, 0.29) is 5.78 Å². The zero-order chi connectivity index (χ0) is 14.8. The van der Waals surface area contributed by atoms with Gasteiger partial charge in [-0.15, -0.1) is 0 Å². The molecule has 1 aromatic carbocycles. The van der Waals surface area contributed by atoms with Gasteiger partial charge in [0.15, 0.2) is 5.78 Å². The Labute approximate surface area is 125 Å². The lowest BCUT2D eigenvalue weighted by Crippen LogP contribution is -2.32. The number of halogens is 1. The highest BCUT2D eigenvalue weighted by Crippen LogP contribution is 2.11. The van der Waals surface area contributed by atoms with E-state index in [1.807, 2.05) is 0 Å². The predicted octanol–water partition coefficient (Wildman–Crippen LogP) is 2.51. The normalized spacial score (nSPS) is 11.0. The maximum atomic E-state index is 12.1. The molecule has 0 unspecified atom stereocenters. The van der Waals surface area contributed by atoms with E-state index < -0.39 is 0 Å². The third kappa shape index (κ3) is 6.48. The predicted molar refractivity (Wildman–Crippen MR) is 80.6 cm³/mol. The molecule has 0 atom stereocenters. The van der Waals surface area contributed by atoms with Crippen molar-refractivity contribution >= 4 is 17.4 Å². The molecule has 1 aromatic rings. The van der Waals surface area contributed by atoms with E-state index in [4.69, 9.17) is 21.1 Å². The summed E-state index contributed by atoms with van der Waals surface area (Å²) >= 11 is 5.81. The first-order valence-corrected chi connectivity index (χ1v) is 7.04. The maximum absolute atomic E-state index is 12.1. The van der Waals surface area contributed by atoms with Gasteiger partial charge in [-0.3, -0.25) is 9.69 Å². The van der Waals surface area contributed by atoms with Crippen LogP contribution in [0.15, 0.2) is 24.3 Å². The van der Waals surface area contributed by atoms with E-state index in [1.165, 1.54) is 0 Å². The van der Waals surface area contributed by atoms with Gasteiger partial charge in [0, 0.05) is 50.9 Å². The van der Waals surface area contributed by atoms with Gasteiger partial charge in [0.25, 0.3) is 0 Å². The summed E-state index contributed by atoms with van der Waals surface area (Å²) in [6.07, 6.45) is 0.481. The van der Waals surface area contributed by atoms with Crippen LogP contribution < -0.4 is 0 Å². The molecule has 0 radical (unpaired) electrons. The summed E-state index contributed by atoms with van der Waals surface area (Å²) in [6, 6.07) is 7.00. The van der Waals surface area contributed by atoms with Gasteiger partial charge < -0.3 is 9.47 Å². The van der Waals surface area contributed by atoms with E-state index in [2.05, 4.69) is 4.90 Å². The van der Waals surface area contributed by atoms with Gasteiger partial charge in [-0.05, 0) is 24.3 Å². The molecular formula is C15H22ClNO3. The fourth-order valence-corrected chi connectivity index (χ4v) is 1.94. The van der Waals surface area contributed by atoms with E-state index in [0.717, 1.165) is 13.1 Å². The molecule has 0 saturated heterocycles. The van der Waals surface area contributed by atoms with Crippen molar-refractivity contribution in [1.82, 2.24) is 4.90 Å². The van der Waals surface area contributed by atoms with Crippen molar-refractivity contribution in [2.24, 2.45) is 0 Å². The minimum absolute atomic E-state index is 0.126. The van der Waals surface area contributed by atoms with Crippen molar-refractivity contribution in [3.8, 4) is 0 Å². The molecule has 20 heavy (non-hydrogen) atoms. The van der Waals surface area contributed by atoms with Crippen molar-refractivity contribution in [3.05, 3.63) is 34.9 Å². The molecule has 0 spiro atoms. The van der Waals surface area contributed by atoms with Gasteiger partial charge in [-0.1, -0.05) is 11.6 Å². The average molecular weight is 300 g/mol. The summed E-state index contributed by atoms with van der Waals surface area (Å²) in [4.78, 5) is 14.2. The zero-order valence-corrected chi connectivity index (χ0v) is 12.9. The van der Waals surface area contributed by atoms with Crippen molar-refractivity contribution in [3.63, 3.8) is 0 Å². The quantitative estimate of drug-likeness (QED) is 0.622. The molecule has 0 N–H and O–H groups in total. The Morgan fingerprint density at radius 2 is 1.60 bits per heavy atom. The highest BCUT2D eigenvalue weighted by Gasteiger charge is 2.10. The summed E-state index contributed by atoms with van der Waals surface area (Å²) in [6.45, 7) is 3.60. The molecule has 0 heterocycles. The van der Waals surface area contributed by atoms with Crippen LogP contribution in [0.3, 0.4) is 0 Å². The van der Waals surface area contributed by atoms with Gasteiger partial charge in [0.2, 0.25) is 0 Å². The molecule has 5 heteroatoms. The first-order valence-electron chi connectivity index (χ1n) is 6.66. The Morgan fingerprint density at radius 1 is 1.05 bits per heavy atom. The molecule has 0 aromatic heterocycles. The Bertz CT molecular complexity index is 387. The molecule has 0 fully saturated rings. The van der Waals surface area contributed by atoms with E-state index in [1.54, 1.807) is 38.5 Å². The number of nitrogens with zero attached hydrogens (tertiary/aromatic N) is 1. The minimum Gasteiger partial charge on any atom is -0.383 e. The smallest absolute Gasteiger partial charge is 0.164 e. The number of rotatable bonds is 10. The SMILES string of the molecule is COCCN(CCOC)CCC(=O)c1ccc(Cl)cc1. The number of ketones is 1. The summed E-state index contributed by atoms with van der Waals surface area (Å²) in [5.41, 5.74) is 0.702. The second-order valence-electron chi connectivity index (χ2n) is 4.51.